The lowest BCUT2D eigenvalue weighted by Crippen LogP contribution is -2.29. The van der Waals surface area contributed by atoms with E-state index < -0.39 is 17.2 Å². The molecule has 0 aliphatic carbocycles. The number of fused-ring (bicyclic) bond motifs is 1. The van der Waals surface area contributed by atoms with Gasteiger partial charge >= 0.3 is 0 Å². The summed E-state index contributed by atoms with van der Waals surface area (Å²) >= 11 is 0. The Morgan fingerprint density at radius 1 is 1.26 bits per heavy atom. The molecule has 2 aromatic rings. The summed E-state index contributed by atoms with van der Waals surface area (Å²) in [5, 5.41) is 9.85. The van der Waals surface area contributed by atoms with Crippen molar-refractivity contribution in [2.24, 2.45) is 5.92 Å². The normalized spacial score (nSPS) is 17.0. The first kappa shape index (κ1) is 22.5. The summed E-state index contributed by atoms with van der Waals surface area (Å²) in [6.45, 7) is 9.38. The topological polar surface area (TPSA) is 74.3 Å². The Morgan fingerprint density at radius 2 is 1.94 bits per heavy atom. The number of hydrogen-bond acceptors (Lipinski definition) is 5. The molecule has 1 aromatic carbocycles. The Bertz CT molecular complexity index is 1230. The van der Waals surface area contributed by atoms with Crippen LogP contribution in [0, 0.1) is 30.0 Å². The summed E-state index contributed by atoms with van der Waals surface area (Å²) < 4.78 is 20.4. The number of Topliss-reactive ketones (excluding diaryl/α,β-unsaturated/α-hetero) is 1. The largest absolute Gasteiger partial charge is 0.461 e. The summed E-state index contributed by atoms with van der Waals surface area (Å²) in [6, 6.07) is 6.22. The number of aryl methyl sites for hydroxylation is 1. The second kappa shape index (κ2) is 8.50. The lowest BCUT2D eigenvalue weighted by molar-refractivity contribution is -0.116. The van der Waals surface area contributed by atoms with Gasteiger partial charge in [-0.2, -0.15) is 5.26 Å². The van der Waals surface area contributed by atoms with Gasteiger partial charge in [0.15, 0.2) is 11.2 Å². The fourth-order valence-corrected chi connectivity index (χ4v) is 4.14. The molecule has 31 heavy (non-hydrogen) atoms. The van der Waals surface area contributed by atoms with E-state index in [4.69, 9.17) is 4.42 Å². The monoisotopic (exact) mass is 422 g/mol. The maximum atomic E-state index is 14.6. The van der Waals surface area contributed by atoms with Gasteiger partial charge in [0, 0.05) is 42.1 Å². The smallest absolute Gasteiger partial charge is 0.195 e. The Kier molecular flexibility index (Phi) is 6.17. The van der Waals surface area contributed by atoms with Crippen LogP contribution in [0.15, 0.2) is 50.0 Å². The molecule has 0 saturated heterocycles. The lowest BCUT2D eigenvalue weighted by Gasteiger charge is -2.35. The molecule has 0 bridgehead atoms. The Hall–Kier alpha value is -3.20. The fraction of sp³-hybridized carbons (Fsp3) is 0.400. The van der Waals surface area contributed by atoms with E-state index in [-0.39, 0.29) is 16.8 Å². The summed E-state index contributed by atoms with van der Waals surface area (Å²) in [5.41, 5.74) is 2.37. The van der Waals surface area contributed by atoms with Crippen molar-refractivity contribution >= 4 is 16.8 Å². The zero-order valence-corrected chi connectivity index (χ0v) is 18.8. The molecule has 6 heteroatoms. The van der Waals surface area contributed by atoms with Gasteiger partial charge in [-0.1, -0.05) is 19.9 Å². The minimum atomic E-state index is -0.728. The zero-order chi connectivity index (χ0) is 23.0. The molecule has 1 aromatic heterocycles. The van der Waals surface area contributed by atoms with Crippen LogP contribution in [0.4, 0.5) is 4.39 Å². The molecule has 1 unspecified atom stereocenters. The number of hydrogen-bond donors (Lipinski definition) is 0. The Balaban J connectivity index is 2.35. The highest BCUT2D eigenvalue weighted by atomic mass is 19.1. The van der Waals surface area contributed by atoms with Crippen molar-refractivity contribution < 1.29 is 13.6 Å². The predicted octanol–water partition coefficient (Wildman–Crippen LogP) is 5.35. The van der Waals surface area contributed by atoms with Crippen molar-refractivity contribution in [2.45, 2.75) is 53.4 Å². The van der Waals surface area contributed by atoms with Gasteiger partial charge in [-0.25, -0.2) is 4.39 Å². The third-order valence-corrected chi connectivity index (χ3v) is 6.02. The molecule has 0 spiro atoms. The summed E-state index contributed by atoms with van der Waals surface area (Å²) in [4.78, 5) is 27.7. The quantitative estimate of drug-likeness (QED) is 0.650. The van der Waals surface area contributed by atoms with Crippen LogP contribution in [0.2, 0.25) is 0 Å². The van der Waals surface area contributed by atoms with E-state index in [2.05, 4.69) is 19.9 Å². The van der Waals surface area contributed by atoms with Crippen LogP contribution < -0.4 is 5.43 Å². The molecule has 162 valence electrons. The number of rotatable bonds is 5. The SMILES string of the molecule is CC1=C(C#N)C(c2ccc(F)c3c(=O)cc(C)oc23)C(C(=O)CCC(C)C)=C(C)N1C. The average molecular weight is 423 g/mol. The molecule has 5 nitrogen and oxygen atoms in total. The zero-order valence-electron chi connectivity index (χ0n) is 18.8. The second-order valence-electron chi connectivity index (χ2n) is 8.52. The van der Waals surface area contributed by atoms with Crippen LogP contribution in [-0.4, -0.2) is 17.7 Å². The summed E-state index contributed by atoms with van der Waals surface area (Å²) in [7, 11) is 1.82. The molecule has 0 N–H and O–H groups in total. The number of carbonyl (C=O) groups is 1. The van der Waals surface area contributed by atoms with Crippen molar-refractivity contribution in [1.82, 2.24) is 4.90 Å². The van der Waals surface area contributed by atoms with Crippen LogP contribution in [-0.2, 0) is 4.79 Å². The lowest BCUT2D eigenvalue weighted by atomic mass is 9.77. The van der Waals surface area contributed by atoms with Gasteiger partial charge in [-0.3, -0.25) is 9.59 Å². The molecule has 3 rings (SSSR count). The maximum absolute atomic E-state index is 14.6. The minimum Gasteiger partial charge on any atom is -0.461 e. The molecule has 2 heterocycles. The molecule has 0 radical (unpaired) electrons. The van der Waals surface area contributed by atoms with Crippen molar-refractivity contribution in [1.29, 1.82) is 5.26 Å². The summed E-state index contributed by atoms with van der Waals surface area (Å²) in [5.74, 6) is -0.785. The first-order valence-corrected chi connectivity index (χ1v) is 10.4. The van der Waals surface area contributed by atoms with E-state index in [9.17, 15) is 19.2 Å². The van der Waals surface area contributed by atoms with E-state index in [0.717, 1.165) is 12.1 Å². The fourth-order valence-electron chi connectivity index (χ4n) is 4.14. The van der Waals surface area contributed by atoms with Gasteiger partial charge < -0.3 is 9.32 Å². The van der Waals surface area contributed by atoms with Crippen molar-refractivity contribution in [2.75, 3.05) is 7.05 Å². The van der Waals surface area contributed by atoms with Crippen LogP contribution in [0.1, 0.15) is 57.8 Å². The van der Waals surface area contributed by atoms with Crippen LogP contribution in [0.3, 0.4) is 0 Å². The van der Waals surface area contributed by atoms with Crippen molar-refractivity contribution in [3.63, 3.8) is 0 Å². The third-order valence-electron chi connectivity index (χ3n) is 6.02. The highest BCUT2D eigenvalue weighted by molar-refractivity contribution is 6.00. The molecular weight excluding hydrogens is 395 g/mol. The first-order chi connectivity index (χ1) is 14.6. The standard InChI is InChI=1S/C25H27FN2O3/c1-13(2)7-10-20(29)22-16(5)28(6)15(4)18(12-27)23(22)17-8-9-19(26)24-21(30)11-14(3)31-25(17)24/h8-9,11,13,23H,7,10H2,1-6H3. The molecule has 0 saturated carbocycles. The maximum Gasteiger partial charge on any atom is 0.195 e. The number of halogens is 1. The van der Waals surface area contributed by atoms with Gasteiger partial charge in [0.2, 0.25) is 0 Å². The molecule has 0 fully saturated rings. The van der Waals surface area contributed by atoms with Crippen molar-refractivity contribution in [3.05, 3.63) is 68.1 Å². The number of benzene rings is 1. The van der Waals surface area contributed by atoms with Crippen LogP contribution in [0.25, 0.3) is 11.0 Å². The molecule has 0 amide bonds. The highest BCUT2D eigenvalue weighted by Crippen LogP contribution is 2.44. The predicted molar refractivity (Wildman–Crippen MR) is 118 cm³/mol. The number of allylic oxidation sites excluding steroid dienone is 4. The summed E-state index contributed by atoms with van der Waals surface area (Å²) in [6.07, 6.45) is 1.06. The van der Waals surface area contributed by atoms with E-state index in [0.29, 0.717) is 40.5 Å². The van der Waals surface area contributed by atoms with Gasteiger partial charge in [-0.15, -0.1) is 0 Å². The van der Waals surface area contributed by atoms with E-state index in [1.807, 2.05) is 25.8 Å². The number of nitriles is 1. The highest BCUT2D eigenvalue weighted by Gasteiger charge is 2.37. The minimum absolute atomic E-state index is 0.0595. The average Bonchev–Trinajstić information content (AvgIpc) is 2.70. The van der Waals surface area contributed by atoms with E-state index in [1.54, 1.807) is 6.92 Å². The van der Waals surface area contributed by atoms with Gasteiger partial charge in [0.05, 0.1) is 17.6 Å². The second-order valence-corrected chi connectivity index (χ2v) is 8.52. The van der Waals surface area contributed by atoms with Crippen LogP contribution in [0.5, 0.6) is 0 Å². The van der Waals surface area contributed by atoms with Crippen LogP contribution >= 0.6 is 0 Å². The molecule has 1 aliphatic rings. The van der Waals surface area contributed by atoms with Crippen molar-refractivity contribution in [3.8, 4) is 6.07 Å². The molecular formula is C25H27FN2O3. The molecule has 1 aliphatic heterocycles. The first-order valence-electron chi connectivity index (χ1n) is 10.4. The molecule has 1 atom stereocenters. The van der Waals surface area contributed by atoms with E-state index >= 15 is 0 Å². The van der Waals surface area contributed by atoms with E-state index in [1.165, 1.54) is 18.2 Å². The Morgan fingerprint density at radius 3 is 2.55 bits per heavy atom. The van der Waals surface area contributed by atoms with Gasteiger partial charge in [-0.05, 0) is 39.2 Å². The van der Waals surface area contributed by atoms with Gasteiger partial charge in [0.25, 0.3) is 0 Å². The number of ketones is 1. The number of carbonyl (C=O) groups excluding carboxylic acids is 1. The van der Waals surface area contributed by atoms with Gasteiger partial charge in [0.1, 0.15) is 22.5 Å². The number of nitrogens with zero attached hydrogens (tertiary/aromatic N) is 2. The Labute approximate surface area is 181 Å². The third kappa shape index (κ3) is 3.93.